The molecule has 0 aliphatic heterocycles. The second-order valence-corrected chi connectivity index (χ2v) is 4.77. The highest BCUT2D eigenvalue weighted by atomic mass is 16.5. The minimum absolute atomic E-state index is 0.704. The molecule has 4 nitrogen and oxygen atoms in total. The lowest BCUT2D eigenvalue weighted by molar-refractivity contribution is 0.116. The van der Waals surface area contributed by atoms with Crippen molar-refractivity contribution < 1.29 is 9.47 Å². The first kappa shape index (κ1) is 17.0. The van der Waals surface area contributed by atoms with Crippen molar-refractivity contribution in [2.45, 2.75) is 20.4 Å². The summed E-state index contributed by atoms with van der Waals surface area (Å²) < 4.78 is 11.1. The molecule has 0 amide bonds. The lowest BCUT2D eigenvalue weighted by Crippen LogP contribution is -2.27. The van der Waals surface area contributed by atoms with Crippen LogP contribution in [0.15, 0.2) is 24.3 Å². The summed E-state index contributed by atoms with van der Waals surface area (Å²) in [6.07, 6.45) is 0. The molecule has 1 aromatic rings. The summed E-state index contributed by atoms with van der Waals surface area (Å²) in [6.45, 7) is 10.2. The van der Waals surface area contributed by atoms with Crippen LogP contribution in [0.4, 0.5) is 0 Å². The Bertz CT molecular complexity index is 341. The van der Waals surface area contributed by atoms with Gasteiger partial charge >= 0.3 is 0 Å². The molecule has 0 radical (unpaired) electrons. The van der Waals surface area contributed by atoms with Gasteiger partial charge in [0.25, 0.3) is 0 Å². The Hall–Kier alpha value is -1.10. The van der Waals surface area contributed by atoms with Gasteiger partial charge in [0.15, 0.2) is 0 Å². The van der Waals surface area contributed by atoms with Crippen molar-refractivity contribution in [3.63, 3.8) is 0 Å². The van der Waals surface area contributed by atoms with E-state index in [0.29, 0.717) is 6.61 Å². The highest BCUT2D eigenvalue weighted by molar-refractivity contribution is 5.27. The van der Waals surface area contributed by atoms with Crippen molar-refractivity contribution in [3.8, 4) is 5.75 Å². The maximum Gasteiger partial charge on any atom is 0.119 e. The summed E-state index contributed by atoms with van der Waals surface area (Å²) in [5, 5.41) is 3.31. The van der Waals surface area contributed by atoms with Gasteiger partial charge in [0.2, 0.25) is 0 Å². The number of nitrogens with zero attached hydrogens (tertiary/aromatic N) is 1. The smallest absolute Gasteiger partial charge is 0.119 e. The van der Waals surface area contributed by atoms with Crippen LogP contribution in [-0.4, -0.2) is 51.4 Å². The lowest BCUT2D eigenvalue weighted by Gasteiger charge is -2.16. The monoisotopic (exact) mass is 280 g/mol. The standard InChI is InChI=1S/C16H28N2O2/c1-4-17-14-15-6-8-16(9-7-15)20-13-11-18(3)10-12-19-5-2/h6-9,17H,4-5,10-14H2,1-3H3. The van der Waals surface area contributed by atoms with E-state index in [1.807, 2.05) is 19.1 Å². The summed E-state index contributed by atoms with van der Waals surface area (Å²) >= 11 is 0. The van der Waals surface area contributed by atoms with Crippen LogP contribution in [0.3, 0.4) is 0 Å². The van der Waals surface area contributed by atoms with E-state index in [9.17, 15) is 0 Å². The Balaban J connectivity index is 2.18. The first-order valence-corrected chi connectivity index (χ1v) is 7.45. The Morgan fingerprint density at radius 2 is 1.75 bits per heavy atom. The molecular weight excluding hydrogens is 252 g/mol. The molecule has 0 spiro atoms. The number of likely N-dealkylation sites (N-methyl/N-ethyl adjacent to an activating group) is 1. The Morgan fingerprint density at radius 3 is 2.40 bits per heavy atom. The van der Waals surface area contributed by atoms with Crippen LogP contribution in [0.1, 0.15) is 19.4 Å². The zero-order chi connectivity index (χ0) is 14.6. The molecule has 0 aromatic heterocycles. The molecule has 0 unspecified atom stereocenters. The van der Waals surface area contributed by atoms with Crippen LogP contribution in [0.25, 0.3) is 0 Å². The SMILES string of the molecule is CCNCc1ccc(OCCN(C)CCOCC)cc1. The predicted molar refractivity (Wildman–Crippen MR) is 83.3 cm³/mol. The molecule has 4 heteroatoms. The quantitative estimate of drug-likeness (QED) is 0.630. The molecule has 114 valence electrons. The number of nitrogens with one attached hydrogen (secondary N) is 1. The summed E-state index contributed by atoms with van der Waals surface area (Å²) in [5.41, 5.74) is 1.29. The molecule has 0 atom stereocenters. The number of hydrogen-bond acceptors (Lipinski definition) is 4. The van der Waals surface area contributed by atoms with Crippen molar-refractivity contribution in [1.29, 1.82) is 0 Å². The van der Waals surface area contributed by atoms with Crippen molar-refractivity contribution in [3.05, 3.63) is 29.8 Å². The minimum atomic E-state index is 0.704. The fourth-order valence-electron chi connectivity index (χ4n) is 1.77. The summed E-state index contributed by atoms with van der Waals surface area (Å²) in [5.74, 6) is 0.934. The van der Waals surface area contributed by atoms with Crippen LogP contribution < -0.4 is 10.1 Å². The van der Waals surface area contributed by atoms with Crippen molar-refractivity contribution in [2.75, 3.05) is 46.5 Å². The Morgan fingerprint density at radius 1 is 1.05 bits per heavy atom. The largest absolute Gasteiger partial charge is 0.492 e. The average molecular weight is 280 g/mol. The predicted octanol–water partition coefficient (Wildman–Crippen LogP) is 2.14. The summed E-state index contributed by atoms with van der Waals surface area (Å²) in [4.78, 5) is 2.22. The van der Waals surface area contributed by atoms with Gasteiger partial charge in [0, 0.05) is 26.2 Å². The summed E-state index contributed by atoms with van der Waals surface area (Å²) in [6, 6.07) is 8.29. The van der Waals surface area contributed by atoms with E-state index in [1.54, 1.807) is 0 Å². The van der Waals surface area contributed by atoms with Crippen LogP contribution >= 0.6 is 0 Å². The van der Waals surface area contributed by atoms with Crippen LogP contribution in [-0.2, 0) is 11.3 Å². The van der Waals surface area contributed by atoms with Crippen LogP contribution in [0, 0.1) is 0 Å². The van der Waals surface area contributed by atoms with Crippen LogP contribution in [0.5, 0.6) is 5.75 Å². The maximum atomic E-state index is 5.74. The third-order valence-corrected chi connectivity index (χ3v) is 3.07. The molecule has 0 bridgehead atoms. The molecular formula is C16H28N2O2. The van der Waals surface area contributed by atoms with Gasteiger partial charge in [-0.1, -0.05) is 19.1 Å². The third-order valence-electron chi connectivity index (χ3n) is 3.07. The van der Waals surface area contributed by atoms with Gasteiger partial charge in [0.1, 0.15) is 12.4 Å². The minimum Gasteiger partial charge on any atom is -0.492 e. The maximum absolute atomic E-state index is 5.74. The Labute approximate surface area is 123 Å². The van der Waals surface area contributed by atoms with Gasteiger partial charge in [-0.25, -0.2) is 0 Å². The van der Waals surface area contributed by atoms with Gasteiger partial charge in [-0.2, -0.15) is 0 Å². The topological polar surface area (TPSA) is 33.7 Å². The number of rotatable bonds is 11. The van der Waals surface area contributed by atoms with Gasteiger partial charge in [-0.15, -0.1) is 0 Å². The molecule has 1 N–H and O–H groups in total. The van der Waals surface area contributed by atoms with E-state index in [4.69, 9.17) is 9.47 Å². The molecule has 0 saturated heterocycles. The number of hydrogen-bond donors (Lipinski definition) is 1. The van der Waals surface area contributed by atoms with Gasteiger partial charge < -0.3 is 19.7 Å². The second-order valence-electron chi connectivity index (χ2n) is 4.77. The zero-order valence-electron chi connectivity index (χ0n) is 13.0. The third kappa shape index (κ3) is 7.48. The number of ether oxygens (including phenoxy) is 2. The van der Waals surface area contributed by atoms with E-state index in [1.165, 1.54) is 5.56 Å². The van der Waals surface area contributed by atoms with Gasteiger partial charge in [-0.05, 0) is 38.2 Å². The molecule has 0 aliphatic rings. The van der Waals surface area contributed by atoms with Gasteiger partial charge in [-0.3, -0.25) is 0 Å². The zero-order valence-corrected chi connectivity index (χ0v) is 13.0. The Kier molecular flexibility index (Phi) is 9.04. The van der Waals surface area contributed by atoms with Gasteiger partial charge in [0.05, 0.1) is 6.61 Å². The first-order valence-electron chi connectivity index (χ1n) is 7.45. The normalized spacial score (nSPS) is 11.0. The first-order chi connectivity index (χ1) is 9.76. The van der Waals surface area contributed by atoms with E-state index in [-0.39, 0.29) is 0 Å². The fraction of sp³-hybridized carbons (Fsp3) is 0.625. The van der Waals surface area contributed by atoms with Crippen molar-refractivity contribution in [1.82, 2.24) is 10.2 Å². The molecule has 1 rings (SSSR count). The van der Waals surface area contributed by atoms with E-state index in [2.05, 4.69) is 36.3 Å². The van der Waals surface area contributed by atoms with Crippen LogP contribution in [0.2, 0.25) is 0 Å². The summed E-state index contributed by atoms with van der Waals surface area (Å²) in [7, 11) is 2.09. The highest BCUT2D eigenvalue weighted by Crippen LogP contribution is 2.11. The molecule has 20 heavy (non-hydrogen) atoms. The van der Waals surface area contributed by atoms with E-state index in [0.717, 1.165) is 45.1 Å². The molecule has 0 saturated carbocycles. The van der Waals surface area contributed by atoms with E-state index < -0.39 is 0 Å². The molecule has 0 fully saturated rings. The van der Waals surface area contributed by atoms with Crippen molar-refractivity contribution in [2.24, 2.45) is 0 Å². The number of benzene rings is 1. The second kappa shape index (κ2) is 10.7. The van der Waals surface area contributed by atoms with E-state index >= 15 is 0 Å². The van der Waals surface area contributed by atoms with Crippen molar-refractivity contribution >= 4 is 0 Å². The molecule has 0 aliphatic carbocycles. The molecule has 1 aromatic carbocycles. The fourth-order valence-corrected chi connectivity index (χ4v) is 1.77. The molecule has 0 heterocycles. The average Bonchev–Trinajstić information content (AvgIpc) is 2.47. The lowest BCUT2D eigenvalue weighted by atomic mass is 10.2. The highest BCUT2D eigenvalue weighted by Gasteiger charge is 1.99.